The first-order chi connectivity index (χ1) is 8.29. The molecule has 2 fully saturated rings. The van der Waals surface area contributed by atoms with Crippen LogP contribution in [0.1, 0.15) is 39.5 Å². The number of nitrogens with one attached hydrogen (secondary N) is 1. The van der Waals surface area contributed by atoms with E-state index in [-0.39, 0.29) is 0 Å². The molecule has 100 valence electrons. The summed E-state index contributed by atoms with van der Waals surface area (Å²) in [4.78, 5) is 5.38. The van der Waals surface area contributed by atoms with Crippen LogP contribution in [0.2, 0.25) is 0 Å². The van der Waals surface area contributed by atoms with Crippen LogP contribution in [-0.4, -0.2) is 61.2 Å². The summed E-state index contributed by atoms with van der Waals surface area (Å²) >= 11 is 0. The van der Waals surface area contributed by atoms with Gasteiger partial charge in [-0.3, -0.25) is 4.90 Å². The fourth-order valence-electron chi connectivity index (χ4n) is 3.19. The van der Waals surface area contributed by atoms with Crippen molar-refractivity contribution in [2.45, 2.75) is 51.6 Å². The Morgan fingerprint density at radius 2 is 2.00 bits per heavy atom. The number of likely N-dealkylation sites (N-methyl/N-ethyl adjacent to an activating group) is 1. The summed E-state index contributed by atoms with van der Waals surface area (Å²) in [7, 11) is 0. The summed E-state index contributed by atoms with van der Waals surface area (Å²) in [6.07, 6.45) is 5.43. The van der Waals surface area contributed by atoms with Gasteiger partial charge in [-0.1, -0.05) is 6.92 Å². The molecular weight excluding hydrogens is 210 g/mol. The van der Waals surface area contributed by atoms with Gasteiger partial charge in [0.15, 0.2) is 0 Å². The van der Waals surface area contributed by atoms with Gasteiger partial charge in [-0.25, -0.2) is 0 Å². The van der Waals surface area contributed by atoms with Crippen LogP contribution >= 0.6 is 0 Å². The lowest BCUT2D eigenvalue weighted by atomic mass is 10.0. The molecule has 0 bridgehead atoms. The van der Waals surface area contributed by atoms with E-state index < -0.39 is 0 Å². The minimum absolute atomic E-state index is 0.698. The number of hydrogen-bond donors (Lipinski definition) is 1. The molecule has 2 heterocycles. The van der Waals surface area contributed by atoms with Crippen molar-refractivity contribution in [2.24, 2.45) is 0 Å². The standard InChI is InChI=1S/C14H29N3/c1-3-16-9-4-6-14(12-16)17-10-5-8-15-13(2)7-11-17/h13-15H,3-12H2,1-2H3. The zero-order chi connectivity index (χ0) is 12.1. The van der Waals surface area contributed by atoms with Gasteiger partial charge in [0.2, 0.25) is 0 Å². The molecule has 2 atom stereocenters. The van der Waals surface area contributed by atoms with E-state index in [9.17, 15) is 0 Å². The van der Waals surface area contributed by atoms with E-state index in [1.54, 1.807) is 0 Å². The first-order valence-corrected chi connectivity index (χ1v) is 7.49. The molecule has 0 aromatic heterocycles. The maximum Gasteiger partial charge on any atom is 0.0223 e. The molecule has 0 spiro atoms. The topological polar surface area (TPSA) is 18.5 Å². The number of piperidine rings is 1. The summed E-state index contributed by atoms with van der Waals surface area (Å²) < 4.78 is 0. The molecule has 2 rings (SSSR count). The summed E-state index contributed by atoms with van der Waals surface area (Å²) in [6.45, 7) is 12.2. The molecule has 0 aliphatic carbocycles. The molecule has 0 aromatic rings. The van der Waals surface area contributed by atoms with Crippen LogP contribution < -0.4 is 5.32 Å². The maximum atomic E-state index is 3.59. The lowest BCUT2D eigenvalue weighted by Crippen LogP contribution is -2.50. The molecule has 0 aromatic carbocycles. The molecule has 17 heavy (non-hydrogen) atoms. The predicted molar refractivity (Wildman–Crippen MR) is 73.4 cm³/mol. The van der Waals surface area contributed by atoms with Gasteiger partial charge in [0.1, 0.15) is 0 Å². The fourth-order valence-corrected chi connectivity index (χ4v) is 3.19. The Hall–Kier alpha value is -0.120. The Kier molecular flexibility index (Phi) is 5.26. The Morgan fingerprint density at radius 1 is 1.12 bits per heavy atom. The summed E-state index contributed by atoms with van der Waals surface area (Å²) in [5.41, 5.74) is 0. The largest absolute Gasteiger partial charge is 0.314 e. The van der Waals surface area contributed by atoms with Crippen molar-refractivity contribution in [3.63, 3.8) is 0 Å². The highest BCUT2D eigenvalue weighted by molar-refractivity contribution is 4.82. The summed E-state index contributed by atoms with van der Waals surface area (Å²) in [6, 6.07) is 1.53. The Morgan fingerprint density at radius 3 is 2.82 bits per heavy atom. The molecule has 2 saturated heterocycles. The van der Waals surface area contributed by atoms with Crippen LogP contribution in [0.4, 0.5) is 0 Å². The summed E-state index contributed by atoms with van der Waals surface area (Å²) in [5, 5.41) is 3.59. The van der Waals surface area contributed by atoms with Gasteiger partial charge in [0.05, 0.1) is 0 Å². The van der Waals surface area contributed by atoms with Crippen molar-refractivity contribution >= 4 is 0 Å². The predicted octanol–water partition coefficient (Wildman–Crippen LogP) is 1.54. The van der Waals surface area contributed by atoms with E-state index in [1.165, 1.54) is 65.0 Å². The third kappa shape index (κ3) is 3.94. The molecule has 2 aliphatic rings. The molecule has 3 heteroatoms. The second kappa shape index (κ2) is 6.72. The van der Waals surface area contributed by atoms with Gasteiger partial charge >= 0.3 is 0 Å². The average Bonchev–Trinajstić information content (AvgIpc) is 2.34. The molecule has 3 nitrogen and oxygen atoms in total. The highest BCUT2D eigenvalue weighted by atomic mass is 15.2. The Labute approximate surface area is 107 Å². The second-order valence-corrected chi connectivity index (χ2v) is 5.72. The van der Waals surface area contributed by atoms with Crippen molar-refractivity contribution in [3.05, 3.63) is 0 Å². The van der Waals surface area contributed by atoms with Gasteiger partial charge in [0, 0.05) is 18.6 Å². The van der Waals surface area contributed by atoms with Crippen LogP contribution in [0.25, 0.3) is 0 Å². The fraction of sp³-hybridized carbons (Fsp3) is 1.00. The van der Waals surface area contributed by atoms with Crippen LogP contribution in [0.15, 0.2) is 0 Å². The molecule has 0 amide bonds. The van der Waals surface area contributed by atoms with Crippen LogP contribution in [0, 0.1) is 0 Å². The first kappa shape index (κ1) is 13.3. The van der Waals surface area contributed by atoms with Gasteiger partial charge < -0.3 is 10.2 Å². The average molecular weight is 239 g/mol. The molecule has 0 saturated carbocycles. The zero-order valence-electron chi connectivity index (χ0n) is 11.6. The number of rotatable bonds is 2. The van der Waals surface area contributed by atoms with E-state index in [1.807, 2.05) is 0 Å². The van der Waals surface area contributed by atoms with Crippen molar-refractivity contribution in [2.75, 3.05) is 39.3 Å². The quantitative estimate of drug-likeness (QED) is 0.789. The van der Waals surface area contributed by atoms with Crippen molar-refractivity contribution < 1.29 is 0 Å². The van der Waals surface area contributed by atoms with Gasteiger partial charge in [-0.2, -0.15) is 0 Å². The van der Waals surface area contributed by atoms with Crippen molar-refractivity contribution in [3.8, 4) is 0 Å². The van der Waals surface area contributed by atoms with E-state index in [2.05, 4.69) is 29.0 Å². The smallest absolute Gasteiger partial charge is 0.0223 e. The zero-order valence-corrected chi connectivity index (χ0v) is 11.6. The van der Waals surface area contributed by atoms with E-state index in [4.69, 9.17) is 0 Å². The van der Waals surface area contributed by atoms with Crippen molar-refractivity contribution in [1.29, 1.82) is 0 Å². The lowest BCUT2D eigenvalue weighted by molar-refractivity contribution is 0.0916. The van der Waals surface area contributed by atoms with Gasteiger partial charge in [-0.15, -0.1) is 0 Å². The number of hydrogen-bond acceptors (Lipinski definition) is 3. The molecular formula is C14H29N3. The Bertz CT molecular complexity index is 220. The lowest BCUT2D eigenvalue weighted by Gasteiger charge is -2.40. The number of nitrogens with zero attached hydrogens (tertiary/aromatic N) is 2. The number of likely N-dealkylation sites (tertiary alicyclic amines) is 1. The van der Waals surface area contributed by atoms with Gasteiger partial charge in [0.25, 0.3) is 0 Å². The molecule has 1 N–H and O–H groups in total. The third-order valence-electron chi connectivity index (χ3n) is 4.41. The Balaban J connectivity index is 1.85. The van der Waals surface area contributed by atoms with Crippen LogP contribution in [-0.2, 0) is 0 Å². The van der Waals surface area contributed by atoms with Crippen molar-refractivity contribution in [1.82, 2.24) is 15.1 Å². The SMILES string of the molecule is CCN1CCCC(N2CCCNC(C)CC2)C1. The molecule has 2 unspecified atom stereocenters. The monoisotopic (exact) mass is 239 g/mol. The van der Waals surface area contributed by atoms with Gasteiger partial charge in [-0.05, 0) is 65.3 Å². The van der Waals surface area contributed by atoms with E-state index in [0.29, 0.717) is 6.04 Å². The highest BCUT2D eigenvalue weighted by Gasteiger charge is 2.25. The van der Waals surface area contributed by atoms with E-state index >= 15 is 0 Å². The highest BCUT2D eigenvalue weighted by Crippen LogP contribution is 2.17. The van der Waals surface area contributed by atoms with E-state index in [0.717, 1.165) is 6.04 Å². The van der Waals surface area contributed by atoms with Crippen LogP contribution in [0.5, 0.6) is 0 Å². The second-order valence-electron chi connectivity index (χ2n) is 5.72. The summed E-state index contributed by atoms with van der Waals surface area (Å²) in [5.74, 6) is 0. The normalized spacial score (nSPS) is 34.2. The molecule has 0 radical (unpaired) electrons. The minimum Gasteiger partial charge on any atom is -0.314 e. The third-order valence-corrected chi connectivity index (χ3v) is 4.41. The maximum absolute atomic E-state index is 3.59. The first-order valence-electron chi connectivity index (χ1n) is 7.49. The molecule has 2 aliphatic heterocycles. The minimum atomic E-state index is 0.698. The van der Waals surface area contributed by atoms with Crippen LogP contribution in [0.3, 0.4) is 0 Å².